The molecule has 0 spiro atoms. The Bertz CT molecular complexity index is 905. The first-order chi connectivity index (χ1) is 13.8. The summed E-state index contributed by atoms with van der Waals surface area (Å²) in [6.45, 7) is 6.25. The van der Waals surface area contributed by atoms with E-state index in [1.165, 1.54) is 12.7 Å². The van der Waals surface area contributed by atoms with Gasteiger partial charge in [-0.05, 0) is 51.0 Å². The largest absolute Gasteiger partial charge is 0.494 e. The van der Waals surface area contributed by atoms with Gasteiger partial charge in [-0.3, -0.25) is 10.1 Å². The molecule has 29 heavy (non-hydrogen) atoms. The number of anilines is 3. The van der Waals surface area contributed by atoms with E-state index in [1.54, 1.807) is 43.9 Å². The van der Waals surface area contributed by atoms with Gasteiger partial charge in [-0.2, -0.15) is 0 Å². The van der Waals surface area contributed by atoms with Crippen molar-refractivity contribution in [3.63, 3.8) is 0 Å². The minimum Gasteiger partial charge on any atom is -0.494 e. The fourth-order valence-electron chi connectivity index (χ4n) is 3.19. The van der Waals surface area contributed by atoms with Gasteiger partial charge in [0.05, 0.1) is 19.3 Å². The Balaban J connectivity index is 1.62. The van der Waals surface area contributed by atoms with Gasteiger partial charge in [0.25, 0.3) is 0 Å². The minimum absolute atomic E-state index is 0.00451. The summed E-state index contributed by atoms with van der Waals surface area (Å²) in [4.78, 5) is 26.4. The zero-order valence-electron chi connectivity index (χ0n) is 17.2. The highest BCUT2D eigenvalue weighted by molar-refractivity contribution is 5.98. The summed E-state index contributed by atoms with van der Waals surface area (Å²) in [5.41, 5.74) is 2.80. The average molecular weight is 397 g/mol. The van der Waals surface area contributed by atoms with Crippen molar-refractivity contribution in [3.05, 3.63) is 48.0 Å². The molecular weight excluding hydrogens is 370 g/mol. The number of benzene rings is 2. The quantitative estimate of drug-likeness (QED) is 0.796. The lowest BCUT2D eigenvalue weighted by Crippen LogP contribution is -2.34. The molecule has 154 valence electrons. The molecule has 0 atom stereocenters. The van der Waals surface area contributed by atoms with Crippen molar-refractivity contribution in [2.75, 3.05) is 35.7 Å². The van der Waals surface area contributed by atoms with Crippen LogP contribution in [0.1, 0.15) is 26.3 Å². The molecule has 7 nitrogen and oxygen atoms in total. The van der Waals surface area contributed by atoms with Gasteiger partial charge in [-0.25, -0.2) is 4.79 Å². The van der Waals surface area contributed by atoms with E-state index in [1.807, 2.05) is 18.2 Å². The van der Waals surface area contributed by atoms with Gasteiger partial charge in [0.2, 0.25) is 5.91 Å². The van der Waals surface area contributed by atoms with Crippen LogP contribution in [-0.4, -0.2) is 37.8 Å². The summed E-state index contributed by atoms with van der Waals surface area (Å²) in [7, 11) is 1.52. The highest BCUT2D eigenvalue weighted by atomic mass is 16.6. The lowest BCUT2D eigenvalue weighted by atomic mass is 10.2. The van der Waals surface area contributed by atoms with E-state index in [0.29, 0.717) is 18.0 Å². The van der Waals surface area contributed by atoms with E-state index in [-0.39, 0.29) is 12.5 Å². The van der Waals surface area contributed by atoms with Crippen LogP contribution >= 0.6 is 0 Å². The highest BCUT2D eigenvalue weighted by Gasteiger charge is 2.24. The summed E-state index contributed by atoms with van der Waals surface area (Å²) in [6, 6.07) is 13.2. The molecule has 7 heteroatoms. The Kier molecular flexibility index (Phi) is 5.96. The van der Waals surface area contributed by atoms with Gasteiger partial charge >= 0.3 is 6.09 Å². The van der Waals surface area contributed by atoms with Gasteiger partial charge in [-0.15, -0.1) is 0 Å². The van der Waals surface area contributed by atoms with Crippen molar-refractivity contribution in [3.8, 4) is 5.75 Å². The number of hydrogen-bond donors (Lipinski definition) is 2. The lowest BCUT2D eigenvalue weighted by Gasteiger charge is -2.21. The fourth-order valence-corrected chi connectivity index (χ4v) is 3.19. The molecule has 0 unspecified atom stereocenters. The molecule has 0 bridgehead atoms. The molecule has 0 aromatic heterocycles. The molecule has 1 aliphatic heterocycles. The summed E-state index contributed by atoms with van der Waals surface area (Å²) in [6.07, 6.45) is 0.320. The zero-order chi connectivity index (χ0) is 21.0. The second-order valence-electron chi connectivity index (χ2n) is 7.82. The summed E-state index contributed by atoms with van der Waals surface area (Å²) in [5.74, 6) is 0.477. The molecule has 1 aliphatic rings. The number of nitrogens with zero attached hydrogens (tertiary/aromatic N) is 1. The second kappa shape index (κ2) is 8.43. The van der Waals surface area contributed by atoms with Crippen molar-refractivity contribution in [2.45, 2.75) is 32.8 Å². The fraction of sp³-hybridized carbons (Fsp3) is 0.364. The first kappa shape index (κ1) is 20.5. The standard InChI is InChI=1S/C22H27N3O4/c1-22(2,3)29-21(27)24-17-10-9-16(13-19(17)28-4)23-14-20(26)25-12-11-15-7-5-6-8-18(15)25/h5-10,13,23H,11-12,14H2,1-4H3,(H,24,27). The molecule has 1 heterocycles. The number of hydrogen-bond acceptors (Lipinski definition) is 5. The maximum absolute atomic E-state index is 12.6. The number of ether oxygens (including phenoxy) is 2. The third-order valence-electron chi connectivity index (χ3n) is 4.47. The summed E-state index contributed by atoms with van der Waals surface area (Å²) in [5, 5.41) is 5.81. The molecule has 0 saturated carbocycles. The Morgan fingerprint density at radius 1 is 1.14 bits per heavy atom. The maximum atomic E-state index is 12.6. The predicted molar refractivity (Wildman–Crippen MR) is 114 cm³/mol. The smallest absolute Gasteiger partial charge is 0.412 e. The minimum atomic E-state index is -0.590. The first-order valence-electron chi connectivity index (χ1n) is 9.57. The first-order valence-corrected chi connectivity index (χ1v) is 9.57. The third kappa shape index (κ3) is 5.19. The Morgan fingerprint density at radius 2 is 1.90 bits per heavy atom. The number of nitrogens with one attached hydrogen (secondary N) is 2. The lowest BCUT2D eigenvalue weighted by molar-refractivity contribution is -0.116. The summed E-state index contributed by atoms with van der Waals surface area (Å²) < 4.78 is 10.6. The Hall–Kier alpha value is -3.22. The van der Waals surface area contributed by atoms with E-state index in [2.05, 4.69) is 16.7 Å². The number of para-hydroxylation sites is 1. The highest BCUT2D eigenvalue weighted by Crippen LogP contribution is 2.29. The van der Waals surface area contributed by atoms with Crippen LogP contribution in [0.3, 0.4) is 0 Å². The van der Waals surface area contributed by atoms with Crippen LogP contribution in [0.15, 0.2) is 42.5 Å². The number of carbonyl (C=O) groups is 2. The van der Waals surface area contributed by atoms with Crippen LogP contribution in [0.25, 0.3) is 0 Å². The van der Waals surface area contributed by atoms with Crippen molar-refractivity contribution >= 4 is 29.1 Å². The molecule has 2 N–H and O–H groups in total. The van der Waals surface area contributed by atoms with Crippen LogP contribution in [-0.2, 0) is 16.0 Å². The van der Waals surface area contributed by atoms with Crippen LogP contribution in [0.2, 0.25) is 0 Å². The average Bonchev–Trinajstić information content (AvgIpc) is 3.09. The molecule has 0 fully saturated rings. The molecule has 2 amide bonds. The second-order valence-corrected chi connectivity index (χ2v) is 7.82. The normalized spacial score (nSPS) is 12.9. The number of rotatable bonds is 5. The van der Waals surface area contributed by atoms with Gasteiger partial charge < -0.3 is 19.7 Å². The van der Waals surface area contributed by atoms with E-state index >= 15 is 0 Å². The number of amides is 2. The zero-order valence-corrected chi connectivity index (χ0v) is 17.2. The molecule has 3 rings (SSSR count). The molecular formula is C22H27N3O4. The van der Waals surface area contributed by atoms with Gasteiger partial charge in [0.15, 0.2) is 0 Å². The monoisotopic (exact) mass is 397 g/mol. The number of methoxy groups -OCH3 is 1. The maximum Gasteiger partial charge on any atom is 0.412 e. The SMILES string of the molecule is COc1cc(NCC(=O)N2CCc3ccccc32)ccc1NC(=O)OC(C)(C)C. The van der Waals surface area contributed by atoms with E-state index in [9.17, 15) is 9.59 Å². The number of carbonyl (C=O) groups excluding carboxylic acids is 2. The topological polar surface area (TPSA) is 79.9 Å². The van der Waals surface area contributed by atoms with Gasteiger partial charge in [0, 0.05) is 24.0 Å². The molecule has 0 saturated heterocycles. The van der Waals surface area contributed by atoms with Crippen LogP contribution in [0, 0.1) is 0 Å². The predicted octanol–water partition coefficient (Wildman–Crippen LogP) is 4.04. The van der Waals surface area contributed by atoms with E-state index in [0.717, 1.165) is 17.8 Å². The van der Waals surface area contributed by atoms with Crippen molar-refractivity contribution in [1.82, 2.24) is 0 Å². The van der Waals surface area contributed by atoms with Crippen LogP contribution in [0.4, 0.5) is 21.9 Å². The van der Waals surface area contributed by atoms with Gasteiger partial charge in [-0.1, -0.05) is 18.2 Å². The van der Waals surface area contributed by atoms with Crippen LogP contribution in [0.5, 0.6) is 5.75 Å². The Labute approximate surface area is 171 Å². The third-order valence-corrected chi connectivity index (χ3v) is 4.47. The van der Waals surface area contributed by atoms with Crippen LogP contribution < -0.4 is 20.3 Å². The van der Waals surface area contributed by atoms with E-state index in [4.69, 9.17) is 9.47 Å². The molecule has 2 aromatic carbocycles. The van der Waals surface area contributed by atoms with Crippen molar-refractivity contribution in [2.24, 2.45) is 0 Å². The Morgan fingerprint density at radius 3 is 2.62 bits per heavy atom. The van der Waals surface area contributed by atoms with Crippen molar-refractivity contribution < 1.29 is 19.1 Å². The number of fused-ring (bicyclic) bond motifs is 1. The molecule has 0 aliphatic carbocycles. The summed E-state index contributed by atoms with van der Waals surface area (Å²) >= 11 is 0. The molecule has 0 radical (unpaired) electrons. The molecule has 2 aromatic rings. The van der Waals surface area contributed by atoms with Gasteiger partial charge in [0.1, 0.15) is 11.4 Å². The van der Waals surface area contributed by atoms with E-state index < -0.39 is 11.7 Å². The van der Waals surface area contributed by atoms with Crippen molar-refractivity contribution in [1.29, 1.82) is 0 Å².